The van der Waals surface area contributed by atoms with Crippen molar-refractivity contribution in [3.63, 3.8) is 0 Å². The third-order valence-corrected chi connectivity index (χ3v) is 9.48. The fourth-order valence-electron chi connectivity index (χ4n) is 6.84. The molecule has 0 saturated heterocycles. The summed E-state index contributed by atoms with van der Waals surface area (Å²) in [4.78, 5) is 1.61. The summed E-state index contributed by atoms with van der Waals surface area (Å²) in [6, 6.07) is 0. The first-order chi connectivity index (χ1) is 26.0. The maximum Gasteiger partial charge on any atom is 0.200 e. The summed E-state index contributed by atoms with van der Waals surface area (Å²) < 4.78 is 294. The summed E-state index contributed by atoms with van der Waals surface area (Å²) in [7, 11) is 4.51. The summed E-state index contributed by atoms with van der Waals surface area (Å²) in [6.45, 7) is 1.37. The van der Waals surface area contributed by atoms with Crippen LogP contribution in [0.5, 0.6) is 0 Å². The molecule has 0 radical (unpaired) electrons. The predicted octanol–water partition coefficient (Wildman–Crippen LogP) is 6.95. The van der Waals surface area contributed by atoms with Crippen molar-refractivity contribution in [1.82, 2.24) is 0 Å². The second kappa shape index (κ2) is 16.5. The Morgan fingerprint density at radius 1 is 0.339 bits per heavy atom. The molecule has 0 aliphatic heterocycles. The van der Waals surface area contributed by atoms with Gasteiger partial charge < -0.3 is 4.90 Å². The molecule has 0 unspecified atom stereocenters. The molecule has 1 N–H and O–H groups in total. The van der Waals surface area contributed by atoms with E-state index in [-0.39, 0.29) is 0 Å². The minimum atomic E-state index is -7.22. The fourth-order valence-corrected chi connectivity index (χ4v) is 6.84. The van der Waals surface area contributed by atoms with Gasteiger partial charge >= 0.3 is 0 Å². The number of halogens is 20. The lowest BCUT2D eigenvalue weighted by atomic mass is 9.12. The Morgan fingerprint density at radius 2 is 0.536 bits per heavy atom. The normalized spacial score (nSPS) is 13.8. The first-order valence-electron chi connectivity index (χ1n) is 16.0. The number of hydrogen-bond acceptors (Lipinski definition) is 0. The zero-order chi connectivity index (χ0) is 42.5. The number of rotatable bonds is 7. The first-order valence-corrected chi connectivity index (χ1v) is 16.0. The molecule has 0 atom stereocenters. The second-order valence-electron chi connectivity index (χ2n) is 13.1. The Morgan fingerprint density at radius 3 is 0.732 bits per heavy atom. The van der Waals surface area contributed by atoms with Crippen LogP contribution < -0.4 is 26.8 Å². The van der Waals surface area contributed by atoms with Crippen LogP contribution in [0.1, 0.15) is 38.5 Å². The molecule has 4 aromatic carbocycles. The maximum atomic E-state index is 15.4. The highest BCUT2D eigenvalue weighted by Crippen LogP contribution is 2.31. The molecule has 0 bridgehead atoms. The minimum Gasteiger partial charge on any atom is -0.340 e. The topological polar surface area (TPSA) is 4.44 Å². The lowest BCUT2D eigenvalue weighted by molar-refractivity contribution is -0.858. The number of hydrogen-bond donors (Lipinski definition) is 1. The molecule has 1 aliphatic carbocycles. The van der Waals surface area contributed by atoms with Crippen LogP contribution in [0.2, 0.25) is 0 Å². The summed E-state index contributed by atoms with van der Waals surface area (Å²) in [5, 5.41) is 0. The Kier molecular flexibility index (Phi) is 13.1. The molecule has 0 heterocycles. The summed E-state index contributed by atoms with van der Waals surface area (Å²) in [5.41, 5.74) is -14.3. The highest BCUT2D eigenvalue weighted by atomic mass is 19.2. The van der Waals surface area contributed by atoms with Crippen LogP contribution >= 0.6 is 0 Å². The van der Waals surface area contributed by atoms with Gasteiger partial charge in [0.1, 0.15) is 52.7 Å². The van der Waals surface area contributed by atoms with Gasteiger partial charge in [-0.25, -0.2) is 87.8 Å². The molecular weight excluding hydrogens is 813 g/mol. The van der Waals surface area contributed by atoms with Gasteiger partial charge in [0.05, 0.1) is 20.6 Å². The van der Waals surface area contributed by atoms with Crippen molar-refractivity contribution in [3.8, 4) is 0 Å². The van der Waals surface area contributed by atoms with E-state index in [4.69, 9.17) is 0 Å². The largest absolute Gasteiger partial charge is 0.340 e. The van der Waals surface area contributed by atoms with E-state index in [0.717, 1.165) is 5.92 Å². The van der Waals surface area contributed by atoms with Crippen LogP contribution in [0.25, 0.3) is 0 Å². The van der Waals surface area contributed by atoms with Crippen molar-refractivity contribution in [3.05, 3.63) is 116 Å². The molecule has 1 nitrogen and oxygen atoms in total. The Hall–Kier alpha value is -4.50. The Balaban J connectivity index is 0.000000544. The van der Waals surface area contributed by atoms with Crippen LogP contribution in [-0.2, 0) is 0 Å². The summed E-state index contributed by atoms with van der Waals surface area (Å²) in [5.74, 6) is -70.3. The Labute approximate surface area is 302 Å². The lowest BCUT2D eigenvalue weighted by Gasteiger charge is -2.44. The van der Waals surface area contributed by atoms with Gasteiger partial charge in [-0.1, -0.05) is 32.1 Å². The van der Waals surface area contributed by atoms with Crippen LogP contribution in [0, 0.1) is 122 Å². The van der Waals surface area contributed by atoms with Crippen molar-refractivity contribution in [2.75, 3.05) is 20.6 Å². The van der Waals surface area contributed by atoms with E-state index in [1.54, 1.807) is 4.90 Å². The van der Waals surface area contributed by atoms with Gasteiger partial charge in [-0.2, -0.15) is 0 Å². The van der Waals surface area contributed by atoms with E-state index in [9.17, 15) is 52.7 Å². The SMILES string of the molecule is C[NH+](C)CCC1CCCCC1.Fc1c(F)c(F)c([B-](c2c(F)c(F)c(F)c(F)c2F)(c2c(F)c(F)c(F)c(F)c2F)c2c(F)c(F)c(F)c(F)c2F)c(F)c1F. The van der Waals surface area contributed by atoms with E-state index in [0.29, 0.717) is 0 Å². The van der Waals surface area contributed by atoms with Gasteiger partial charge in [0.2, 0.25) is 0 Å². The van der Waals surface area contributed by atoms with E-state index in [1.807, 2.05) is 0 Å². The highest BCUT2D eigenvalue weighted by molar-refractivity contribution is 7.20. The predicted molar refractivity (Wildman–Crippen MR) is 158 cm³/mol. The third kappa shape index (κ3) is 7.05. The smallest absolute Gasteiger partial charge is 0.200 e. The van der Waals surface area contributed by atoms with Crippen LogP contribution in [0.4, 0.5) is 87.8 Å². The zero-order valence-corrected chi connectivity index (χ0v) is 28.2. The number of quaternary nitrogens is 1. The van der Waals surface area contributed by atoms with Gasteiger partial charge in [0.15, 0.2) is 69.8 Å². The molecule has 22 heteroatoms. The van der Waals surface area contributed by atoms with Crippen molar-refractivity contribution in [1.29, 1.82) is 0 Å². The van der Waals surface area contributed by atoms with Crippen molar-refractivity contribution in [2.45, 2.75) is 38.5 Å². The molecule has 56 heavy (non-hydrogen) atoms. The van der Waals surface area contributed by atoms with Crippen molar-refractivity contribution in [2.24, 2.45) is 5.92 Å². The molecule has 4 aromatic rings. The quantitative estimate of drug-likeness (QED) is 0.0892. The van der Waals surface area contributed by atoms with Gasteiger partial charge in [0, 0.05) is 0 Å². The summed E-state index contributed by atoms with van der Waals surface area (Å²) in [6.07, 6.45) is 1.74. The summed E-state index contributed by atoms with van der Waals surface area (Å²) >= 11 is 0. The molecule has 0 spiro atoms. The zero-order valence-electron chi connectivity index (χ0n) is 28.2. The number of benzene rings is 4. The van der Waals surface area contributed by atoms with Crippen molar-refractivity contribution >= 4 is 28.0 Å². The molecule has 0 aromatic heterocycles. The van der Waals surface area contributed by atoms with E-state index >= 15 is 35.1 Å². The fraction of sp³-hybridized carbons (Fsp3) is 0.294. The monoisotopic (exact) mass is 835 g/mol. The lowest BCUT2D eigenvalue weighted by Crippen LogP contribution is -3.05. The standard InChI is InChI=1S/C24BF20.C10H21N/c26-5-1(6(27)14(35)21(42)13(5)34)25(2-7(28)15(36)22(43)16(37)8(2)29,3-9(30)17(38)23(44)18(39)10(3)31)4-11(32)19(40)24(45)20(41)12(4)33;1-11(2)9-8-10-6-4-3-5-7-10/h;10H,3-9H2,1-2H3/q-1;/p+1. The molecule has 306 valence electrons. The molecule has 1 aliphatic rings. The maximum absolute atomic E-state index is 15.4. The van der Waals surface area contributed by atoms with Crippen LogP contribution in [0.3, 0.4) is 0 Å². The van der Waals surface area contributed by atoms with Gasteiger partial charge in [-0.3, -0.25) is 0 Å². The molecular formula is C34H22BF20N. The van der Waals surface area contributed by atoms with E-state index in [2.05, 4.69) is 14.1 Å². The first kappa shape index (κ1) is 44.2. The van der Waals surface area contributed by atoms with E-state index in [1.165, 1.54) is 45.1 Å². The number of nitrogens with one attached hydrogen (secondary N) is 1. The Bertz CT molecular complexity index is 1800. The highest BCUT2D eigenvalue weighted by Gasteiger charge is 2.52. The molecule has 0 amide bonds. The van der Waals surface area contributed by atoms with Crippen LogP contribution in [-0.4, -0.2) is 26.8 Å². The molecule has 5 rings (SSSR count). The average molecular weight is 835 g/mol. The minimum absolute atomic E-state index is 1.07. The average Bonchev–Trinajstić information content (AvgIpc) is 3.17. The molecule has 1 saturated carbocycles. The van der Waals surface area contributed by atoms with Crippen molar-refractivity contribution < 1.29 is 92.7 Å². The second-order valence-corrected chi connectivity index (χ2v) is 13.1. The van der Waals surface area contributed by atoms with Gasteiger partial charge in [-0.05, 0) is 12.3 Å². The van der Waals surface area contributed by atoms with Gasteiger partial charge in [-0.15, -0.1) is 21.9 Å². The van der Waals surface area contributed by atoms with E-state index < -0.39 is 144 Å². The third-order valence-electron chi connectivity index (χ3n) is 9.48. The van der Waals surface area contributed by atoms with Crippen LogP contribution in [0.15, 0.2) is 0 Å². The molecule has 1 fully saturated rings. The van der Waals surface area contributed by atoms with Gasteiger partial charge in [0.25, 0.3) is 0 Å².